The summed E-state index contributed by atoms with van der Waals surface area (Å²) in [6.07, 6.45) is 2.64. The SMILES string of the molecule is CCN(CCC(=O)O)S(=O)(=O)N1CCCCC1C. The van der Waals surface area contributed by atoms with Crippen molar-refractivity contribution in [3.63, 3.8) is 0 Å². The van der Waals surface area contributed by atoms with Gasteiger partial charge in [-0.3, -0.25) is 4.79 Å². The van der Waals surface area contributed by atoms with E-state index < -0.39 is 16.2 Å². The lowest BCUT2D eigenvalue weighted by Crippen LogP contribution is -2.50. The van der Waals surface area contributed by atoms with Gasteiger partial charge in [-0.25, -0.2) is 0 Å². The molecule has 6 nitrogen and oxygen atoms in total. The molecule has 0 amide bonds. The van der Waals surface area contributed by atoms with Crippen molar-refractivity contribution in [3.05, 3.63) is 0 Å². The van der Waals surface area contributed by atoms with E-state index in [1.165, 1.54) is 8.61 Å². The molecule has 1 rings (SSSR count). The van der Waals surface area contributed by atoms with Crippen LogP contribution in [0.4, 0.5) is 0 Å². The van der Waals surface area contributed by atoms with Crippen molar-refractivity contribution in [2.24, 2.45) is 0 Å². The molecule has 0 aromatic rings. The van der Waals surface area contributed by atoms with E-state index in [1.807, 2.05) is 6.92 Å². The quantitative estimate of drug-likeness (QED) is 0.783. The molecule has 1 aliphatic heterocycles. The number of carbonyl (C=O) groups is 1. The first kappa shape index (κ1) is 15.4. The Balaban J connectivity index is 2.77. The maximum absolute atomic E-state index is 12.4. The summed E-state index contributed by atoms with van der Waals surface area (Å²) in [6.45, 7) is 4.51. The lowest BCUT2D eigenvalue weighted by molar-refractivity contribution is -0.137. The first-order valence-electron chi connectivity index (χ1n) is 6.38. The highest BCUT2D eigenvalue weighted by atomic mass is 32.2. The summed E-state index contributed by atoms with van der Waals surface area (Å²) in [6, 6.07) is 0.00243. The highest BCUT2D eigenvalue weighted by Gasteiger charge is 2.33. The maximum Gasteiger partial charge on any atom is 0.304 e. The van der Waals surface area contributed by atoms with Crippen LogP contribution >= 0.6 is 0 Å². The van der Waals surface area contributed by atoms with E-state index in [0.717, 1.165) is 19.3 Å². The van der Waals surface area contributed by atoms with Crippen LogP contribution in [0.1, 0.15) is 39.5 Å². The van der Waals surface area contributed by atoms with Crippen molar-refractivity contribution in [2.45, 2.75) is 45.6 Å². The molecule has 0 bridgehead atoms. The molecule has 1 heterocycles. The van der Waals surface area contributed by atoms with Crippen molar-refractivity contribution < 1.29 is 18.3 Å². The van der Waals surface area contributed by atoms with Crippen molar-refractivity contribution >= 4 is 16.2 Å². The summed E-state index contributed by atoms with van der Waals surface area (Å²) in [4.78, 5) is 10.6. The third-order valence-corrected chi connectivity index (χ3v) is 5.52. The predicted octanol–water partition coefficient (Wildman–Crippen LogP) is 0.902. The fraction of sp³-hybridized carbons (Fsp3) is 0.909. The Morgan fingerprint density at radius 2 is 2.11 bits per heavy atom. The molecule has 0 aromatic heterocycles. The van der Waals surface area contributed by atoms with Crippen LogP contribution in [0, 0.1) is 0 Å². The van der Waals surface area contributed by atoms with Crippen LogP contribution in [0.3, 0.4) is 0 Å². The van der Waals surface area contributed by atoms with Gasteiger partial charge in [0.15, 0.2) is 0 Å². The predicted molar refractivity (Wildman–Crippen MR) is 68.4 cm³/mol. The summed E-state index contributed by atoms with van der Waals surface area (Å²) >= 11 is 0. The van der Waals surface area contributed by atoms with E-state index >= 15 is 0 Å². The number of rotatable bonds is 6. The molecule has 0 aromatic carbocycles. The molecular weight excluding hydrogens is 256 g/mol. The van der Waals surface area contributed by atoms with Crippen LogP contribution in [0.5, 0.6) is 0 Å². The molecule has 1 atom stereocenters. The average molecular weight is 278 g/mol. The van der Waals surface area contributed by atoms with E-state index in [1.54, 1.807) is 6.92 Å². The Morgan fingerprint density at radius 3 is 2.61 bits per heavy atom. The second-order valence-electron chi connectivity index (χ2n) is 4.60. The molecule has 0 spiro atoms. The van der Waals surface area contributed by atoms with Crippen LogP contribution in [-0.4, -0.2) is 53.8 Å². The fourth-order valence-corrected chi connectivity index (χ4v) is 4.08. The topological polar surface area (TPSA) is 77.9 Å². The largest absolute Gasteiger partial charge is 0.481 e. The minimum absolute atomic E-state index is 0.00243. The molecule has 1 N–H and O–H groups in total. The van der Waals surface area contributed by atoms with E-state index in [4.69, 9.17) is 5.11 Å². The summed E-state index contributed by atoms with van der Waals surface area (Å²) in [7, 11) is -3.52. The average Bonchev–Trinajstić information content (AvgIpc) is 2.29. The lowest BCUT2D eigenvalue weighted by atomic mass is 10.1. The minimum atomic E-state index is -3.52. The molecule has 1 saturated heterocycles. The van der Waals surface area contributed by atoms with Crippen LogP contribution in [0.2, 0.25) is 0 Å². The van der Waals surface area contributed by atoms with Gasteiger partial charge in [-0.1, -0.05) is 13.3 Å². The molecule has 18 heavy (non-hydrogen) atoms. The highest BCUT2D eigenvalue weighted by molar-refractivity contribution is 7.86. The van der Waals surface area contributed by atoms with Crippen molar-refractivity contribution in [1.82, 2.24) is 8.61 Å². The van der Waals surface area contributed by atoms with Gasteiger partial charge < -0.3 is 5.11 Å². The molecular formula is C11H22N2O4S. The first-order chi connectivity index (χ1) is 8.39. The zero-order chi connectivity index (χ0) is 13.8. The second-order valence-corrected chi connectivity index (χ2v) is 6.48. The first-order valence-corrected chi connectivity index (χ1v) is 7.78. The molecule has 106 valence electrons. The van der Waals surface area contributed by atoms with Crippen LogP contribution in [0.15, 0.2) is 0 Å². The number of hydrogen-bond donors (Lipinski definition) is 1. The number of hydrogen-bond acceptors (Lipinski definition) is 3. The van der Waals surface area contributed by atoms with E-state index in [0.29, 0.717) is 13.1 Å². The summed E-state index contributed by atoms with van der Waals surface area (Å²) in [5.74, 6) is -0.977. The Morgan fingerprint density at radius 1 is 1.44 bits per heavy atom. The minimum Gasteiger partial charge on any atom is -0.481 e. The Kier molecular flexibility index (Phi) is 5.55. The smallest absolute Gasteiger partial charge is 0.304 e. The summed E-state index contributed by atoms with van der Waals surface area (Å²) < 4.78 is 27.6. The highest BCUT2D eigenvalue weighted by Crippen LogP contribution is 2.22. The Labute approximate surface area is 109 Å². The Bertz CT molecular complexity index is 383. The van der Waals surface area contributed by atoms with Gasteiger partial charge in [-0.2, -0.15) is 17.0 Å². The fourth-order valence-electron chi connectivity index (χ4n) is 2.22. The molecule has 0 saturated carbocycles. The summed E-state index contributed by atoms with van der Waals surface area (Å²) in [5, 5.41) is 8.65. The number of nitrogens with zero attached hydrogens (tertiary/aromatic N) is 2. The van der Waals surface area contributed by atoms with Gasteiger partial charge in [-0.15, -0.1) is 0 Å². The maximum atomic E-state index is 12.4. The monoisotopic (exact) mass is 278 g/mol. The standard InChI is InChI=1S/C11H22N2O4S/c1-3-12(9-7-11(14)15)18(16,17)13-8-5-4-6-10(13)2/h10H,3-9H2,1-2H3,(H,14,15). The number of aliphatic carboxylic acids is 1. The molecule has 1 aliphatic rings. The van der Waals surface area contributed by atoms with Crippen LogP contribution < -0.4 is 0 Å². The number of carboxylic acids is 1. The molecule has 1 fully saturated rings. The van der Waals surface area contributed by atoms with Gasteiger partial charge in [0.25, 0.3) is 10.2 Å². The third-order valence-electron chi connectivity index (χ3n) is 3.29. The van der Waals surface area contributed by atoms with Crippen LogP contribution in [0.25, 0.3) is 0 Å². The zero-order valence-corrected chi connectivity index (χ0v) is 11.8. The lowest BCUT2D eigenvalue weighted by Gasteiger charge is -2.35. The third kappa shape index (κ3) is 3.66. The van der Waals surface area contributed by atoms with Crippen molar-refractivity contribution in [3.8, 4) is 0 Å². The van der Waals surface area contributed by atoms with Crippen LogP contribution in [-0.2, 0) is 15.0 Å². The van der Waals surface area contributed by atoms with Gasteiger partial charge in [0.05, 0.1) is 6.42 Å². The van der Waals surface area contributed by atoms with Gasteiger partial charge >= 0.3 is 5.97 Å². The van der Waals surface area contributed by atoms with E-state index in [2.05, 4.69) is 0 Å². The van der Waals surface area contributed by atoms with Gasteiger partial charge in [-0.05, 0) is 19.8 Å². The van der Waals surface area contributed by atoms with Crippen molar-refractivity contribution in [2.75, 3.05) is 19.6 Å². The molecule has 0 aliphatic carbocycles. The Hall–Kier alpha value is -0.660. The molecule has 7 heteroatoms. The normalized spacial score (nSPS) is 22.3. The molecule has 0 radical (unpaired) electrons. The van der Waals surface area contributed by atoms with E-state index in [-0.39, 0.29) is 19.0 Å². The van der Waals surface area contributed by atoms with E-state index in [9.17, 15) is 13.2 Å². The zero-order valence-electron chi connectivity index (χ0n) is 11.0. The number of piperidine rings is 1. The van der Waals surface area contributed by atoms with Gasteiger partial charge in [0.1, 0.15) is 0 Å². The summed E-state index contributed by atoms with van der Waals surface area (Å²) in [5.41, 5.74) is 0. The van der Waals surface area contributed by atoms with Gasteiger partial charge in [0.2, 0.25) is 0 Å². The van der Waals surface area contributed by atoms with Gasteiger partial charge in [0, 0.05) is 25.7 Å². The number of carboxylic acid groups (broad SMARTS) is 1. The molecule has 1 unspecified atom stereocenters. The second kappa shape index (κ2) is 6.49. The van der Waals surface area contributed by atoms with Crippen molar-refractivity contribution in [1.29, 1.82) is 0 Å².